The summed E-state index contributed by atoms with van der Waals surface area (Å²) in [6.45, 7) is 0.734. The molecular weight excluding hydrogens is 323 g/mol. The molecule has 2 heterocycles. The Balaban J connectivity index is 1.82. The molecule has 25 heavy (non-hydrogen) atoms. The van der Waals surface area contributed by atoms with Gasteiger partial charge in [0, 0.05) is 24.6 Å². The van der Waals surface area contributed by atoms with Gasteiger partial charge in [-0.3, -0.25) is 10.1 Å². The molecule has 0 saturated heterocycles. The molecule has 0 aliphatic carbocycles. The summed E-state index contributed by atoms with van der Waals surface area (Å²) < 4.78 is 15.6. The van der Waals surface area contributed by atoms with Crippen LogP contribution < -0.4 is 5.32 Å². The average Bonchev–Trinajstić information content (AvgIpc) is 3.20. The van der Waals surface area contributed by atoms with Gasteiger partial charge in [-0.2, -0.15) is 5.10 Å². The van der Waals surface area contributed by atoms with Crippen molar-refractivity contribution in [3.8, 4) is 5.69 Å². The van der Waals surface area contributed by atoms with Crippen LogP contribution >= 0.6 is 0 Å². The van der Waals surface area contributed by atoms with Crippen LogP contribution in [-0.2, 0) is 12.8 Å². The van der Waals surface area contributed by atoms with Gasteiger partial charge < -0.3 is 5.32 Å². The minimum atomic E-state index is -0.422. The van der Waals surface area contributed by atoms with Crippen LogP contribution in [0, 0.1) is 15.9 Å². The first kappa shape index (κ1) is 15.3. The maximum atomic E-state index is 14.0. The van der Waals surface area contributed by atoms with Crippen molar-refractivity contribution >= 4 is 11.5 Å². The third-order valence-electron chi connectivity index (χ3n) is 4.36. The highest BCUT2D eigenvalue weighted by atomic mass is 19.1. The van der Waals surface area contributed by atoms with Crippen molar-refractivity contribution < 1.29 is 9.31 Å². The Kier molecular flexibility index (Phi) is 3.68. The highest BCUT2D eigenvalue weighted by Gasteiger charge is 2.26. The molecule has 0 amide bonds. The molecular formula is C18H15FN4O2. The number of nitrogens with one attached hydrogen (secondary N) is 1. The van der Waals surface area contributed by atoms with E-state index in [1.807, 2.05) is 0 Å². The predicted octanol–water partition coefficient (Wildman–Crippen LogP) is 3.48. The van der Waals surface area contributed by atoms with Gasteiger partial charge in [-0.05, 0) is 24.1 Å². The highest BCUT2D eigenvalue weighted by Crippen LogP contribution is 2.33. The summed E-state index contributed by atoms with van der Waals surface area (Å²) in [5.74, 6) is 0.475. The molecule has 0 spiro atoms. The molecule has 1 aromatic heterocycles. The number of nitro benzene ring substituents is 1. The first-order chi connectivity index (χ1) is 12.1. The molecule has 7 heteroatoms. The monoisotopic (exact) mass is 338 g/mol. The van der Waals surface area contributed by atoms with Crippen molar-refractivity contribution in [2.45, 2.75) is 12.8 Å². The van der Waals surface area contributed by atoms with Crippen LogP contribution in [0.3, 0.4) is 0 Å². The van der Waals surface area contributed by atoms with Gasteiger partial charge in [0.1, 0.15) is 17.3 Å². The fourth-order valence-electron chi connectivity index (χ4n) is 3.18. The molecule has 1 N–H and O–H groups in total. The molecule has 1 aliphatic heterocycles. The van der Waals surface area contributed by atoms with Gasteiger partial charge in [-0.15, -0.1) is 0 Å². The van der Waals surface area contributed by atoms with Crippen molar-refractivity contribution in [1.29, 1.82) is 0 Å². The molecule has 2 aromatic carbocycles. The van der Waals surface area contributed by atoms with Crippen molar-refractivity contribution in [3.63, 3.8) is 0 Å². The largest absolute Gasteiger partial charge is 0.369 e. The zero-order valence-electron chi connectivity index (χ0n) is 13.3. The number of rotatable bonds is 4. The summed E-state index contributed by atoms with van der Waals surface area (Å²) in [7, 11) is 0. The minimum Gasteiger partial charge on any atom is -0.369 e. The van der Waals surface area contributed by atoms with E-state index < -0.39 is 4.92 Å². The Hall–Kier alpha value is -3.22. The normalized spacial score (nSPS) is 12.7. The molecule has 126 valence electrons. The average molecular weight is 338 g/mol. The number of hydrogen-bond acceptors (Lipinski definition) is 4. The van der Waals surface area contributed by atoms with E-state index in [1.54, 1.807) is 41.1 Å². The molecule has 0 saturated carbocycles. The zero-order chi connectivity index (χ0) is 17.4. The van der Waals surface area contributed by atoms with Gasteiger partial charge in [-0.1, -0.05) is 30.3 Å². The van der Waals surface area contributed by atoms with E-state index in [0.717, 1.165) is 30.0 Å². The van der Waals surface area contributed by atoms with Gasteiger partial charge in [0.15, 0.2) is 0 Å². The summed E-state index contributed by atoms with van der Waals surface area (Å²) in [6.07, 6.45) is 1.12. The van der Waals surface area contributed by atoms with Crippen molar-refractivity contribution in [2.24, 2.45) is 0 Å². The maximum Gasteiger partial charge on any atom is 0.294 e. The molecule has 0 bridgehead atoms. The number of fused-ring (bicyclic) bond motifs is 1. The number of halogens is 1. The van der Waals surface area contributed by atoms with E-state index in [4.69, 9.17) is 0 Å². The smallest absolute Gasteiger partial charge is 0.294 e. The number of nitro groups is 1. The number of hydrogen-bond donors (Lipinski definition) is 1. The zero-order valence-corrected chi connectivity index (χ0v) is 13.3. The number of nitrogens with zero attached hydrogens (tertiary/aromatic N) is 3. The second kappa shape index (κ2) is 6.01. The lowest BCUT2D eigenvalue weighted by Crippen LogP contribution is -2.07. The van der Waals surface area contributed by atoms with Crippen LogP contribution in [0.4, 0.5) is 15.9 Å². The second-order valence-corrected chi connectivity index (χ2v) is 5.88. The van der Waals surface area contributed by atoms with Gasteiger partial charge in [0.05, 0.1) is 10.6 Å². The number of benzene rings is 2. The third-order valence-corrected chi connectivity index (χ3v) is 4.36. The Morgan fingerprint density at radius 1 is 1.20 bits per heavy atom. The molecule has 0 atom stereocenters. The lowest BCUT2D eigenvalue weighted by Gasteiger charge is -2.07. The fourth-order valence-corrected chi connectivity index (χ4v) is 3.18. The Bertz CT molecular complexity index is 967. The number of para-hydroxylation sites is 2. The summed E-state index contributed by atoms with van der Waals surface area (Å²) >= 11 is 0. The van der Waals surface area contributed by atoms with Crippen molar-refractivity contribution in [3.05, 3.63) is 81.3 Å². The number of anilines is 1. The van der Waals surface area contributed by atoms with Crippen molar-refractivity contribution in [2.75, 3.05) is 11.9 Å². The van der Waals surface area contributed by atoms with E-state index in [0.29, 0.717) is 17.7 Å². The van der Waals surface area contributed by atoms with Crippen LogP contribution in [0.25, 0.3) is 5.69 Å². The Labute approximate surface area is 143 Å². The first-order valence-electron chi connectivity index (χ1n) is 7.97. The fraction of sp³-hybridized carbons (Fsp3) is 0.167. The van der Waals surface area contributed by atoms with Gasteiger partial charge in [0.2, 0.25) is 0 Å². The van der Waals surface area contributed by atoms with E-state index in [9.17, 15) is 14.5 Å². The standard InChI is InChI=1S/C18H15FN4O2/c19-14-6-2-1-5-12(14)11-15-13-9-10-20-18(13)22(21-15)16-7-3-4-8-17(16)23(24)25/h1-8,20H,9-11H2. The summed E-state index contributed by atoms with van der Waals surface area (Å²) in [6, 6.07) is 13.1. The Morgan fingerprint density at radius 2 is 1.96 bits per heavy atom. The van der Waals surface area contributed by atoms with Crippen LogP contribution in [0.15, 0.2) is 48.5 Å². The van der Waals surface area contributed by atoms with Crippen molar-refractivity contribution in [1.82, 2.24) is 9.78 Å². The van der Waals surface area contributed by atoms with E-state index in [-0.39, 0.29) is 11.5 Å². The summed E-state index contributed by atoms with van der Waals surface area (Å²) in [5.41, 5.74) is 2.67. The lowest BCUT2D eigenvalue weighted by molar-refractivity contribution is -0.384. The van der Waals surface area contributed by atoms with Crippen LogP contribution in [0.2, 0.25) is 0 Å². The second-order valence-electron chi connectivity index (χ2n) is 5.88. The first-order valence-corrected chi connectivity index (χ1v) is 7.97. The predicted molar refractivity (Wildman–Crippen MR) is 91.6 cm³/mol. The van der Waals surface area contributed by atoms with Crippen LogP contribution in [-0.4, -0.2) is 21.2 Å². The van der Waals surface area contributed by atoms with Gasteiger partial charge >= 0.3 is 0 Å². The molecule has 4 rings (SSSR count). The highest BCUT2D eigenvalue weighted by molar-refractivity contribution is 5.62. The Morgan fingerprint density at radius 3 is 2.76 bits per heavy atom. The molecule has 0 radical (unpaired) electrons. The van der Waals surface area contributed by atoms with Crippen LogP contribution in [0.1, 0.15) is 16.8 Å². The van der Waals surface area contributed by atoms with E-state index in [2.05, 4.69) is 10.4 Å². The van der Waals surface area contributed by atoms with Crippen LogP contribution in [0.5, 0.6) is 0 Å². The van der Waals surface area contributed by atoms with E-state index >= 15 is 0 Å². The summed E-state index contributed by atoms with van der Waals surface area (Å²) in [5, 5.41) is 19.1. The number of aromatic nitrogens is 2. The third kappa shape index (κ3) is 2.63. The molecule has 1 aliphatic rings. The van der Waals surface area contributed by atoms with Gasteiger partial charge in [0.25, 0.3) is 5.69 Å². The summed E-state index contributed by atoms with van der Waals surface area (Å²) in [4.78, 5) is 10.9. The molecule has 0 fully saturated rings. The topological polar surface area (TPSA) is 73.0 Å². The molecule has 3 aromatic rings. The van der Waals surface area contributed by atoms with E-state index in [1.165, 1.54) is 12.1 Å². The SMILES string of the molecule is O=[N+]([O-])c1ccccc1-n1nc(Cc2ccccc2F)c2c1NCC2. The molecule has 0 unspecified atom stereocenters. The lowest BCUT2D eigenvalue weighted by atomic mass is 10.1. The van der Waals surface area contributed by atoms with Gasteiger partial charge in [-0.25, -0.2) is 9.07 Å². The maximum absolute atomic E-state index is 14.0. The minimum absolute atomic E-state index is 0.0149. The quantitative estimate of drug-likeness (QED) is 0.584. The molecule has 6 nitrogen and oxygen atoms in total.